The number of halogens is 1. The van der Waals surface area contributed by atoms with Crippen LogP contribution < -0.4 is 4.74 Å². The van der Waals surface area contributed by atoms with Crippen LogP contribution in [0.5, 0.6) is 5.75 Å². The SMILES string of the molecule is COc1ccc(CCC2=CC(Cl)CCC2)cc1. The molecule has 2 heteroatoms. The van der Waals surface area contributed by atoms with E-state index in [1.54, 1.807) is 7.11 Å². The van der Waals surface area contributed by atoms with Gasteiger partial charge in [-0.05, 0) is 49.8 Å². The van der Waals surface area contributed by atoms with Crippen molar-refractivity contribution in [3.8, 4) is 5.75 Å². The first-order valence-electron chi connectivity index (χ1n) is 6.24. The zero-order valence-electron chi connectivity index (χ0n) is 10.3. The molecule has 0 saturated carbocycles. The Morgan fingerprint density at radius 3 is 2.65 bits per heavy atom. The number of methoxy groups -OCH3 is 1. The van der Waals surface area contributed by atoms with Gasteiger partial charge >= 0.3 is 0 Å². The molecule has 0 heterocycles. The molecule has 1 aromatic carbocycles. The molecule has 0 N–H and O–H groups in total. The van der Waals surface area contributed by atoms with Crippen LogP contribution in [-0.4, -0.2) is 12.5 Å². The van der Waals surface area contributed by atoms with Crippen LogP contribution in [-0.2, 0) is 6.42 Å². The molecule has 0 radical (unpaired) electrons. The maximum absolute atomic E-state index is 6.14. The van der Waals surface area contributed by atoms with Gasteiger partial charge < -0.3 is 4.74 Å². The highest BCUT2D eigenvalue weighted by molar-refractivity contribution is 6.21. The van der Waals surface area contributed by atoms with Gasteiger partial charge in [-0.3, -0.25) is 0 Å². The summed E-state index contributed by atoms with van der Waals surface area (Å²) >= 11 is 6.14. The van der Waals surface area contributed by atoms with E-state index >= 15 is 0 Å². The second-order valence-corrected chi connectivity index (χ2v) is 5.14. The number of alkyl halides is 1. The van der Waals surface area contributed by atoms with Crippen molar-refractivity contribution in [3.63, 3.8) is 0 Å². The predicted molar refractivity (Wildman–Crippen MR) is 72.9 cm³/mol. The number of hydrogen-bond acceptors (Lipinski definition) is 1. The van der Waals surface area contributed by atoms with Crippen molar-refractivity contribution in [2.45, 2.75) is 37.5 Å². The third kappa shape index (κ3) is 3.78. The van der Waals surface area contributed by atoms with Gasteiger partial charge in [0, 0.05) is 0 Å². The van der Waals surface area contributed by atoms with Crippen LogP contribution in [0.1, 0.15) is 31.2 Å². The quantitative estimate of drug-likeness (QED) is 0.570. The molecule has 17 heavy (non-hydrogen) atoms. The molecule has 1 unspecified atom stereocenters. The van der Waals surface area contributed by atoms with Crippen LogP contribution in [0, 0.1) is 0 Å². The minimum absolute atomic E-state index is 0.259. The Kier molecular flexibility index (Phi) is 4.49. The molecule has 1 aliphatic rings. The highest BCUT2D eigenvalue weighted by Crippen LogP contribution is 2.25. The molecule has 1 aromatic rings. The largest absolute Gasteiger partial charge is 0.497 e. The van der Waals surface area contributed by atoms with E-state index in [-0.39, 0.29) is 5.38 Å². The van der Waals surface area contributed by atoms with Crippen molar-refractivity contribution < 1.29 is 4.74 Å². The number of allylic oxidation sites excluding steroid dienone is 2. The Morgan fingerprint density at radius 1 is 1.24 bits per heavy atom. The first-order chi connectivity index (χ1) is 8.28. The van der Waals surface area contributed by atoms with Crippen LogP contribution in [0.4, 0.5) is 0 Å². The number of rotatable bonds is 4. The average Bonchev–Trinajstić information content (AvgIpc) is 2.37. The summed E-state index contributed by atoms with van der Waals surface area (Å²) in [5.74, 6) is 0.923. The van der Waals surface area contributed by atoms with E-state index < -0.39 is 0 Å². The predicted octanol–water partition coefficient (Wildman–Crippen LogP) is 4.35. The van der Waals surface area contributed by atoms with E-state index in [1.807, 2.05) is 12.1 Å². The van der Waals surface area contributed by atoms with Crippen molar-refractivity contribution in [2.75, 3.05) is 7.11 Å². The molecule has 0 amide bonds. The minimum atomic E-state index is 0.259. The fourth-order valence-electron chi connectivity index (χ4n) is 2.25. The Hall–Kier alpha value is -0.950. The molecule has 1 nitrogen and oxygen atoms in total. The molecule has 2 rings (SSSR count). The van der Waals surface area contributed by atoms with Crippen LogP contribution in [0.3, 0.4) is 0 Å². The summed E-state index contributed by atoms with van der Waals surface area (Å²) in [6.45, 7) is 0. The lowest BCUT2D eigenvalue weighted by Gasteiger charge is -2.16. The van der Waals surface area contributed by atoms with Crippen molar-refractivity contribution in [1.82, 2.24) is 0 Å². The van der Waals surface area contributed by atoms with Crippen molar-refractivity contribution in [1.29, 1.82) is 0 Å². The van der Waals surface area contributed by atoms with Crippen LogP contribution in [0.2, 0.25) is 0 Å². The van der Waals surface area contributed by atoms with Gasteiger partial charge in [0.25, 0.3) is 0 Å². The number of hydrogen-bond donors (Lipinski definition) is 0. The highest BCUT2D eigenvalue weighted by Gasteiger charge is 2.10. The van der Waals surface area contributed by atoms with Crippen LogP contribution in [0.25, 0.3) is 0 Å². The zero-order valence-corrected chi connectivity index (χ0v) is 11.0. The lowest BCUT2D eigenvalue weighted by molar-refractivity contribution is 0.414. The van der Waals surface area contributed by atoms with E-state index in [0.717, 1.165) is 25.0 Å². The molecular weight excluding hydrogens is 232 g/mol. The topological polar surface area (TPSA) is 9.23 Å². The third-order valence-corrected chi connectivity index (χ3v) is 3.63. The zero-order chi connectivity index (χ0) is 12.1. The monoisotopic (exact) mass is 250 g/mol. The van der Waals surface area contributed by atoms with Gasteiger partial charge in [-0.15, -0.1) is 11.6 Å². The Labute approximate surface area is 108 Å². The Morgan fingerprint density at radius 2 is 2.00 bits per heavy atom. The summed E-state index contributed by atoms with van der Waals surface area (Å²) in [6.07, 6.45) is 8.07. The number of ether oxygens (including phenoxy) is 1. The van der Waals surface area contributed by atoms with Gasteiger partial charge in [0.05, 0.1) is 12.5 Å². The van der Waals surface area contributed by atoms with Crippen LogP contribution >= 0.6 is 11.6 Å². The van der Waals surface area contributed by atoms with Gasteiger partial charge in [-0.2, -0.15) is 0 Å². The summed E-state index contributed by atoms with van der Waals surface area (Å²) in [4.78, 5) is 0. The van der Waals surface area contributed by atoms with Crippen molar-refractivity contribution >= 4 is 11.6 Å². The lowest BCUT2D eigenvalue weighted by atomic mass is 9.94. The molecule has 0 fully saturated rings. The maximum Gasteiger partial charge on any atom is 0.118 e. The average molecular weight is 251 g/mol. The van der Waals surface area contributed by atoms with E-state index in [1.165, 1.54) is 24.0 Å². The normalized spacial score (nSPS) is 19.9. The minimum Gasteiger partial charge on any atom is -0.497 e. The second kappa shape index (κ2) is 6.11. The molecule has 1 aliphatic carbocycles. The fourth-order valence-corrected chi connectivity index (χ4v) is 2.58. The summed E-state index contributed by atoms with van der Waals surface area (Å²) in [6, 6.07) is 8.32. The standard InChI is InChI=1S/C15H19ClO/c1-17-15-9-7-12(8-10-15)5-6-13-3-2-4-14(16)11-13/h7-11,14H,2-6H2,1H3. The molecule has 0 bridgehead atoms. The maximum atomic E-state index is 6.14. The Balaban J connectivity index is 1.88. The number of benzene rings is 1. The van der Waals surface area contributed by atoms with Gasteiger partial charge in [0.15, 0.2) is 0 Å². The van der Waals surface area contributed by atoms with E-state index in [0.29, 0.717) is 0 Å². The van der Waals surface area contributed by atoms with E-state index in [2.05, 4.69) is 18.2 Å². The van der Waals surface area contributed by atoms with Crippen molar-refractivity contribution in [2.24, 2.45) is 0 Å². The van der Waals surface area contributed by atoms with Gasteiger partial charge in [-0.25, -0.2) is 0 Å². The molecule has 0 aliphatic heterocycles. The van der Waals surface area contributed by atoms with Crippen LogP contribution in [0.15, 0.2) is 35.9 Å². The molecule has 92 valence electrons. The highest BCUT2D eigenvalue weighted by atomic mass is 35.5. The molecule has 0 spiro atoms. The van der Waals surface area contributed by atoms with Gasteiger partial charge in [-0.1, -0.05) is 23.8 Å². The summed E-state index contributed by atoms with van der Waals surface area (Å²) in [7, 11) is 1.70. The molecular formula is C15H19ClO. The van der Waals surface area contributed by atoms with Crippen molar-refractivity contribution in [3.05, 3.63) is 41.5 Å². The molecule has 1 atom stereocenters. The molecule has 0 saturated heterocycles. The first-order valence-corrected chi connectivity index (χ1v) is 6.68. The first kappa shape index (κ1) is 12.5. The lowest BCUT2D eigenvalue weighted by Crippen LogP contribution is -2.04. The third-order valence-electron chi connectivity index (χ3n) is 3.29. The molecule has 0 aromatic heterocycles. The second-order valence-electron chi connectivity index (χ2n) is 4.58. The smallest absolute Gasteiger partial charge is 0.118 e. The van der Waals surface area contributed by atoms with Gasteiger partial charge in [0.2, 0.25) is 0 Å². The van der Waals surface area contributed by atoms with E-state index in [9.17, 15) is 0 Å². The van der Waals surface area contributed by atoms with Gasteiger partial charge in [0.1, 0.15) is 5.75 Å². The summed E-state index contributed by atoms with van der Waals surface area (Å²) < 4.78 is 5.15. The van der Waals surface area contributed by atoms with E-state index in [4.69, 9.17) is 16.3 Å². The fraction of sp³-hybridized carbons (Fsp3) is 0.467. The summed E-state index contributed by atoms with van der Waals surface area (Å²) in [5.41, 5.74) is 2.88. The number of aryl methyl sites for hydroxylation is 1. The Bertz CT molecular complexity index is 380. The summed E-state index contributed by atoms with van der Waals surface area (Å²) in [5, 5.41) is 0.259.